The van der Waals surface area contributed by atoms with E-state index in [0.717, 1.165) is 19.3 Å². The van der Waals surface area contributed by atoms with Crippen molar-refractivity contribution in [2.24, 2.45) is 0 Å². The Balaban J connectivity index is 2.55. The molecule has 0 aromatic heterocycles. The topological polar surface area (TPSA) is 102 Å². The molecule has 0 spiro atoms. The minimum atomic E-state index is -1.17. The van der Waals surface area contributed by atoms with Crippen LogP contribution in [0.15, 0.2) is 0 Å². The predicted octanol–water partition coefficient (Wildman–Crippen LogP) is 1.29. The van der Waals surface area contributed by atoms with Crippen molar-refractivity contribution in [1.82, 2.24) is 0 Å². The van der Waals surface area contributed by atoms with Crippen molar-refractivity contribution in [2.45, 2.75) is 83.4 Å². The Kier molecular flexibility index (Phi) is 9.13. The first kappa shape index (κ1) is 19.9. The summed E-state index contributed by atoms with van der Waals surface area (Å²) >= 11 is 0. The van der Waals surface area contributed by atoms with Crippen LogP contribution in [0, 0.1) is 0 Å². The van der Waals surface area contributed by atoms with Crippen LogP contribution in [-0.2, 0) is 23.8 Å². The van der Waals surface area contributed by atoms with E-state index in [1.54, 1.807) is 0 Å². The molecule has 1 fully saturated rings. The maximum absolute atomic E-state index is 11.8. The van der Waals surface area contributed by atoms with Crippen molar-refractivity contribution >= 4 is 11.9 Å². The number of aliphatic hydroxyl groups is 2. The number of hydrogen-bond acceptors (Lipinski definition) is 7. The molecule has 0 aromatic carbocycles. The number of aliphatic hydroxyl groups excluding tert-OH is 2. The molecule has 7 heteroatoms. The fraction of sp³-hybridized carbons (Fsp3) is 0.875. The van der Waals surface area contributed by atoms with Gasteiger partial charge in [0.2, 0.25) is 0 Å². The second-order valence-corrected chi connectivity index (χ2v) is 5.78. The molecule has 23 heavy (non-hydrogen) atoms. The molecule has 4 atom stereocenters. The first-order valence-electron chi connectivity index (χ1n) is 8.34. The average molecular weight is 332 g/mol. The zero-order valence-electron chi connectivity index (χ0n) is 13.9. The highest BCUT2D eigenvalue weighted by Gasteiger charge is 2.40. The van der Waals surface area contributed by atoms with Gasteiger partial charge in [0, 0.05) is 19.3 Å². The molecule has 0 aliphatic carbocycles. The molecule has 7 nitrogen and oxygen atoms in total. The quantitative estimate of drug-likeness (QED) is 0.613. The number of rotatable bonds is 9. The minimum Gasteiger partial charge on any atom is -0.463 e. The van der Waals surface area contributed by atoms with E-state index in [2.05, 4.69) is 0 Å². The molecule has 2 N–H and O–H groups in total. The van der Waals surface area contributed by atoms with E-state index in [0.29, 0.717) is 12.8 Å². The van der Waals surface area contributed by atoms with Gasteiger partial charge in [0.1, 0.15) is 12.7 Å². The Morgan fingerprint density at radius 2 is 1.70 bits per heavy atom. The fourth-order valence-electron chi connectivity index (χ4n) is 2.31. The van der Waals surface area contributed by atoms with E-state index in [9.17, 15) is 19.8 Å². The zero-order valence-corrected chi connectivity index (χ0v) is 13.9. The molecule has 0 bridgehead atoms. The summed E-state index contributed by atoms with van der Waals surface area (Å²) in [5.41, 5.74) is 0. The second kappa shape index (κ2) is 10.6. The number of hydrogen-bond donors (Lipinski definition) is 2. The van der Waals surface area contributed by atoms with E-state index in [-0.39, 0.29) is 25.4 Å². The van der Waals surface area contributed by atoms with Gasteiger partial charge in [-0.05, 0) is 12.8 Å². The summed E-state index contributed by atoms with van der Waals surface area (Å²) in [6.07, 6.45) is -0.371. The van der Waals surface area contributed by atoms with E-state index in [4.69, 9.17) is 14.2 Å². The van der Waals surface area contributed by atoms with E-state index >= 15 is 0 Å². The van der Waals surface area contributed by atoms with Gasteiger partial charge in [-0.3, -0.25) is 9.59 Å². The largest absolute Gasteiger partial charge is 0.463 e. The monoisotopic (exact) mass is 332 g/mol. The molecule has 1 rings (SSSR count). The molecular formula is C16H28O7. The summed E-state index contributed by atoms with van der Waals surface area (Å²) in [4.78, 5) is 23.3. The van der Waals surface area contributed by atoms with Gasteiger partial charge < -0.3 is 24.4 Å². The van der Waals surface area contributed by atoms with Gasteiger partial charge in [-0.2, -0.15) is 0 Å². The van der Waals surface area contributed by atoms with Crippen LogP contribution in [0.2, 0.25) is 0 Å². The van der Waals surface area contributed by atoms with Gasteiger partial charge in [-0.1, -0.05) is 26.7 Å². The number of ether oxygens (including phenoxy) is 3. The van der Waals surface area contributed by atoms with Gasteiger partial charge in [0.25, 0.3) is 0 Å². The van der Waals surface area contributed by atoms with Crippen LogP contribution in [-0.4, -0.2) is 53.4 Å². The summed E-state index contributed by atoms with van der Waals surface area (Å²) in [5.74, 6) is -0.806. The summed E-state index contributed by atoms with van der Waals surface area (Å²) < 4.78 is 15.6. The van der Waals surface area contributed by atoms with Crippen molar-refractivity contribution in [3.05, 3.63) is 0 Å². The lowest BCUT2D eigenvalue weighted by Crippen LogP contribution is -2.52. The van der Waals surface area contributed by atoms with Crippen LogP contribution in [0.4, 0.5) is 0 Å². The molecule has 1 heterocycles. The Labute approximate surface area is 136 Å². The van der Waals surface area contributed by atoms with E-state index < -0.39 is 30.6 Å². The Bertz CT molecular complexity index is 371. The van der Waals surface area contributed by atoms with Crippen LogP contribution in [0.5, 0.6) is 0 Å². The zero-order chi connectivity index (χ0) is 17.2. The first-order chi connectivity index (χ1) is 11.0. The van der Waals surface area contributed by atoms with Crippen molar-refractivity contribution < 1.29 is 34.0 Å². The van der Waals surface area contributed by atoms with Gasteiger partial charge in [-0.25, -0.2) is 0 Å². The summed E-state index contributed by atoms with van der Waals surface area (Å²) in [7, 11) is 0. The maximum atomic E-state index is 11.8. The fourth-order valence-corrected chi connectivity index (χ4v) is 2.31. The van der Waals surface area contributed by atoms with Gasteiger partial charge >= 0.3 is 11.9 Å². The number of esters is 2. The lowest BCUT2D eigenvalue weighted by Gasteiger charge is -2.36. The van der Waals surface area contributed by atoms with Crippen LogP contribution in [0.3, 0.4) is 0 Å². The lowest BCUT2D eigenvalue weighted by atomic mass is 10.0. The molecule has 0 aromatic rings. The number of carbonyl (C=O) groups excluding carboxylic acids is 2. The Morgan fingerprint density at radius 1 is 1.09 bits per heavy atom. The van der Waals surface area contributed by atoms with Crippen LogP contribution in [0.25, 0.3) is 0 Å². The molecule has 0 saturated carbocycles. The molecular weight excluding hydrogens is 304 g/mol. The molecule has 1 unspecified atom stereocenters. The molecule has 0 radical (unpaired) electrons. The van der Waals surface area contributed by atoms with Gasteiger partial charge in [0.15, 0.2) is 12.4 Å². The minimum absolute atomic E-state index is 0.0496. The molecule has 134 valence electrons. The van der Waals surface area contributed by atoms with Crippen molar-refractivity contribution in [1.29, 1.82) is 0 Å². The second-order valence-electron chi connectivity index (χ2n) is 5.78. The average Bonchev–Trinajstić information content (AvgIpc) is 2.51. The summed E-state index contributed by atoms with van der Waals surface area (Å²) in [5, 5.41) is 19.6. The molecule has 1 saturated heterocycles. The third-order valence-corrected chi connectivity index (χ3v) is 3.67. The van der Waals surface area contributed by atoms with Gasteiger partial charge in [0.05, 0.1) is 6.10 Å². The van der Waals surface area contributed by atoms with E-state index in [1.807, 2.05) is 13.8 Å². The lowest BCUT2D eigenvalue weighted by molar-refractivity contribution is -0.249. The Hall–Kier alpha value is -1.18. The maximum Gasteiger partial charge on any atom is 0.306 e. The first-order valence-corrected chi connectivity index (χ1v) is 8.34. The third kappa shape index (κ3) is 7.28. The Morgan fingerprint density at radius 3 is 2.30 bits per heavy atom. The van der Waals surface area contributed by atoms with Crippen LogP contribution >= 0.6 is 0 Å². The normalized spacial score (nSPS) is 27.5. The number of carbonyl (C=O) groups is 2. The summed E-state index contributed by atoms with van der Waals surface area (Å²) in [6, 6.07) is 0. The summed E-state index contributed by atoms with van der Waals surface area (Å²) in [6.45, 7) is 3.76. The van der Waals surface area contributed by atoms with E-state index in [1.165, 1.54) is 0 Å². The smallest absolute Gasteiger partial charge is 0.306 e. The van der Waals surface area contributed by atoms with Crippen LogP contribution < -0.4 is 0 Å². The number of unbranched alkanes of at least 4 members (excludes halogenated alkanes) is 2. The molecule has 0 amide bonds. The SMILES string of the molecule is CCCCC(=O)OC[C@H]1OC(O)C[C@H](O)[C@H]1OC(=O)CCCC. The van der Waals surface area contributed by atoms with Crippen molar-refractivity contribution in [3.8, 4) is 0 Å². The predicted molar refractivity (Wildman–Crippen MR) is 81.4 cm³/mol. The highest BCUT2D eigenvalue weighted by Crippen LogP contribution is 2.23. The van der Waals surface area contributed by atoms with Crippen LogP contribution in [0.1, 0.15) is 58.8 Å². The van der Waals surface area contributed by atoms with Crippen molar-refractivity contribution in [2.75, 3.05) is 6.61 Å². The highest BCUT2D eigenvalue weighted by molar-refractivity contribution is 5.70. The standard InChI is InChI=1S/C16H28O7/c1-3-5-7-13(18)21-10-12-16(11(17)9-15(20)22-12)23-14(19)8-6-4-2/h11-12,15-17,20H,3-10H2,1-2H3/t11-,12+,15?,16+/m0/s1. The molecule has 1 aliphatic rings. The highest BCUT2D eigenvalue weighted by atomic mass is 16.7. The van der Waals surface area contributed by atoms with Gasteiger partial charge in [-0.15, -0.1) is 0 Å². The van der Waals surface area contributed by atoms with Crippen molar-refractivity contribution in [3.63, 3.8) is 0 Å². The molecule has 1 aliphatic heterocycles. The third-order valence-electron chi connectivity index (χ3n) is 3.67.